The molecule has 3 rings (SSSR count). The van der Waals surface area contributed by atoms with Gasteiger partial charge in [-0.05, 0) is 49.6 Å². The van der Waals surface area contributed by atoms with Crippen LogP contribution < -0.4 is 10.2 Å². The van der Waals surface area contributed by atoms with Crippen LogP contribution in [0.15, 0.2) is 36.4 Å². The summed E-state index contributed by atoms with van der Waals surface area (Å²) in [5, 5.41) is 3.85. The summed E-state index contributed by atoms with van der Waals surface area (Å²) >= 11 is 12.0. The molecule has 120 valence electrons. The Morgan fingerprint density at radius 3 is 2.83 bits per heavy atom. The summed E-state index contributed by atoms with van der Waals surface area (Å²) in [7, 11) is 0. The molecule has 0 radical (unpaired) electrons. The van der Waals surface area contributed by atoms with E-state index in [-0.39, 0.29) is 5.91 Å². The van der Waals surface area contributed by atoms with E-state index in [1.165, 1.54) is 11.1 Å². The minimum atomic E-state index is -0.0809. The normalized spacial score (nSPS) is 13.6. The molecule has 1 aliphatic rings. The number of amides is 1. The topological polar surface area (TPSA) is 32.3 Å². The first kappa shape index (κ1) is 16.2. The van der Waals surface area contributed by atoms with Crippen LogP contribution in [0.4, 0.5) is 11.4 Å². The summed E-state index contributed by atoms with van der Waals surface area (Å²) in [6.45, 7) is 3.29. The van der Waals surface area contributed by atoms with Gasteiger partial charge in [-0.15, -0.1) is 0 Å². The van der Waals surface area contributed by atoms with Crippen LogP contribution >= 0.6 is 23.2 Å². The summed E-state index contributed by atoms with van der Waals surface area (Å²) in [6.07, 6.45) is 2.13. The van der Waals surface area contributed by atoms with Crippen molar-refractivity contribution in [1.29, 1.82) is 0 Å². The predicted molar refractivity (Wildman–Crippen MR) is 96.8 cm³/mol. The molecule has 1 aliphatic heterocycles. The highest BCUT2D eigenvalue weighted by Crippen LogP contribution is 2.28. The summed E-state index contributed by atoms with van der Waals surface area (Å²) in [5.41, 5.74) is 4.30. The molecule has 0 aliphatic carbocycles. The molecule has 1 N–H and O–H groups in total. The lowest BCUT2D eigenvalue weighted by molar-refractivity contribution is -0.115. The Morgan fingerprint density at radius 2 is 2.04 bits per heavy atom. The van der Waals surface area contributed by atoms with Gasteiger partial charge in [-0.1, -0.05) is 40.9 Å². The summed E-state index contributed by atoms with van der Waals surface area (Å²) < 4.78 is 0. The van der Waals surface area contributed by atoms with Crippen molar-refractivity contribution < 1.29 is 4.79 Å². The molecule has 3 nitrogen and oxygen atoms in total. The van der Waals surface area contributed by atoms with Crippen molar-refractivity contribution in [3.05, 3.63) is 57.6 Å². The fraction of sp³-hybridized carbons (Fsp3) is 0.278. The van der Waals surface area contributed by atoms with Gasteiger partial charge in [0.2, 0.25) is 5.91 Å². The number of anilines is 2. The number of carbonyl (C=O) groups excluding carboxylic acids is 1. The van der Waals surface area contributed by atoms with Crippen molar-refractivity contribution in [2.75, 3.05) is 23.3 Å². The third-order valence-corrected chi connectivity index (χ3v) is 4.54. The van der Waals surface area contributed by atoms with Crippen molar-refractivity contribution in [3.63, 3.8) is 0 Å². The van der Waals surface area contributed by atoms with Gasteiger partial charge in [0, 0.05) is 17.3 Å². The Bertz CT molecular complexity index is 746. The zero-order chi connectivity index (χ0) is 16.4. The van der Waals surface area contributed by atoms with Crippen LogP contribution in [-0.4, -0.2) is 19.0 Å². The molecule has 0 saturated carbocycles. The lowest BCUT2D eigenvalue weighted by Gasteiger charge is -2.31. The van der Waals surface area contributed by atoms with E-state index in [1.54, 1.807) is 18.2 Å². The average molecular weight is 349 g/mol. The van der Waals surface area contributed by atoms with E-state index in [9.17, 15) is 4.79 Å². The molecule has 0 spiro atoms. The number of benzene rings is 2. The maximum atomic E-state index is 12.4. The molecule has 0 bridgehead atoms. The molecule has 0 saturated heterocycles. The SMILES string of the molecule is Cc1ccc2c(c1)CCCN2CC(=O)Nc1ccc(Cl)cc1Cl. The maximum absolute atomic E-state index is 12.4. The molecule has 0 aromatic heterocycles. The standard InChI is InChI=1S/C18H18Cl2N2O/c1-12-4-7-17-13(9-12)3-2-8-22(17)11-18(23)21-16-6-5-14(19)10-15(16)20/h4-7,9-10H,2-3,8,11H2,1H3,(H,21,23). The third kappa shape index (κ3) is 3.80. The van der Waals surface area contributed by atoms with Gasteiger partial charge in [0.25, 0.3) is 0 Å². The molecule has 5 heteroatoms. The first-order valence-corrected chi connectivity index (χ1v) is 8.38. The van der Waals surface area contributed by atoms with Gasteiger partial charge < -0.3 is 10.2 Å². The van der Waals surface area contributed by atoms with Crippen LogP contribution in [-0.2, 0) is 11.2 Å². The highest BCUT2D eigenvalue weighted by Gasteiger charge is 2.19. The largest absolute Gasteiger partial charge is 0.362 e. The van der Waals surface area contributed by atoms with E-state index in [4.69, 9.17) is 23.2 Å². The van der Waals surface area contributed by atoms with Gasteiger partial charge in [-0.2, -0.15) is 0 Å². The zero-order valence-corrected chi connectivity index (χ0v) is 14.4. The average Bonchev–Trinajstić information content (AvgIpc) is 2.50. The molecule has 1 heterocycles. The second-order valence-electron chi connectivity index (χ2n) is 5.83. The van der Waals surface area contributed by atoms with Crippen molar-refractivity contribution in [2.45, 2.75) is 19.8 Å². The number of halogens is 2. The van der Waals surface area contributed by atoms with Crippen LogP contribution in [0.1, 0.15) is 17.5 Å². The van der Waals surface area contributed by atoms with E-state index in [0.29, 0.717) is 22.3 Å². The van der Waals surface area contributed by atoms with E-state index in [2.05, 4.69) is 35.3 Å². The summed E-state index contributed by atoms with van der Waals surface area (Å²) in [6, 6.07) is 11.4. The number of nitrogens with one attached hydrogen (secondary N) is 1. The van der Waals surface area contributed by atoms with Crippen LogP contribution in [0.2, 0.25) is 10.0 Å². The van der Waals surface area contributed by atoms with Gasteiger partial charge in [-0.3, -0.25) is 4.79 Å². The molecule has 1 amide bonds. The van der Waals surface area contributed by atoms with Crippen molar-refractivity contribution in [2.24, 2.45) is 0 Å². The Kier molecular flexibility index (Phi) is 4.79. The van der Waals surface area contributed by atoms with E-state index < -0.39 is 0 Å². The monoisotopic (exact) mass is 348 g/mol. The van der Waals surface area contributed by atoms with Crippen molar-refractivity contribution in [1.82, 2.24) is 0 Å². The molecule has 2 aromatic carbocycles. The predicted octanol–water partition coefficient (Wildman–Crippen LogP) is 4.69. The number of aryl methyl sites for hydroxylation is 2. The van der Waals surface area contributed by atoms with Crippen molar-refractivity contribution in [3.8, 4) is 0 Å². The van der Waals surface area contributed by atoms with Gasteiger partial charge in [0.15, 0.2) is 0 Å². The highest BCUT2D eigenvalue weighted by molar-refractivity contribution is 6.36. The zero-order valence-electron chi connectivity index (χ0n) is 12.9. The Labute approximate surface area is 146 Å². The van der Waals surface area contributed by atoms with Gasteiger partial charge in [0.1, 0.15) is 0 Å². The van der Waals surface area contributed by atoms with Gasteiger partial charge >= 0.3 is 0 Å². The number of hydrogen-bond donors (Lipinski definition) is 1. The fourth-order valence-electron chi connectivity index (χ4n) is 2.92. The molecule has 0 atom stereocenters. The minimum absolute atomic E-state index is 0.0809. The first-order chi connectivity index (χ1) is 11.0. The van der Waals surface area contributed by atoms with Crippen molar-refractivity contribution >= 4 is 40.5 Å². The number of rotatable bonds is 3. The van der Waals surface area contributed by atoms with Crippen LogP contribution in [0.3, 0.4) is 0 Å². The van der Waals surface area contributed by atoms with E-state index in [0.717, 1.165) is 25.1 Å². The van der Waals surface area contributed by atoms with Gasteiger partial charge in [-0.25, -0.2) is 0 Å². The number of carbonyl (C=O) groups is 1. The number of fused-ring (bicyclic) bond motifs is 1. The third-order valence-electron chi connectivity index (χ3n) is 3.99. The maximum Gasteiger partial charge on any atom is 0.243 e. The Hall–Kier alpha value is -1.71. The Morgan fingerprint density at radius 1 is 1.22 bits per heavy atom. The van der Waals surface area contributed by atoms with Crippen LogP contribution in [0.25, 0.3) is 0 Å². The minimum Gasteiger partial charge on any atom is -0.362 e. The smallest absolute Gasteiger partial charge is 0.243 e. The fourth-order valence-corrected chi connectivity index (χ4v) is 3.38. The number of nitrogens with zero attached hydrogens (tertiary/aromatic N) is 1. The molecule has 23 heavy (non-hydrogen) atoms. The van der Waals surface area contributed by atoms with Crippen LogP contribution in [0, 0.1) is 6.92 Å². The molecular formula is C18H18Cl2N2O. The second kappa shape index (κ2) is 6.81. The first-order valence-electron chi connectivity index (χ1n) is 7.62. The number of hydrogen-bond acceptors (Lipinski definition) is 2. The summed E-state index contributed by atoms with van der Waals surface area (Å²) in [4.78, 5) is 14.5. The molecule has 0 fully saturated rings. The lowest BCUT2D eigenvalue weighted by atomic mass is 9.99. The van der Waals surface area contributed by atoms with Crippen LogP contribution in [0.5, 0.6) is 0 Å². The van der Waals surface area contributed by atoms with E-state index >= 15 is 0 Å². The lowest BCUT2D eigenvalue weighted by Crippen LogP contribution is -2.36. The van der Waals surface area contributed by atoms with E-state index in [1.807, 2.05) is 0 Å². The van der Waals surface area contributed by atoms with Gasteiger partial charge in [0.05, 0.1) is 17.3 Å². The molecular weight excluding hydrogens is 331 g/mol. The Balaban J connectivity index is 1.72. The second-order valence-corrected chi connectivity index (χ2v) is 6.67. The quantitative estimate of drug-likeness (QED) is 0.872. The highest BCUT2D eigenvalue weighted by atomic mass is 35.5. The summed E-state index contributed by atoms with van der Waals surface area (Å²) in [5.74, 6) is -0.0809. The molecule has 2 aromatic rings. The molecule has 0 unspecified atom stereocenters.